The van der Waals surface area contributed by atoms with Gasteiger partial charge >= 0.3 is 0 Å². The normalized spacial score (nSPS) is 18.6. The van der Waals surface area contributed by atoms with Crippen LogP contribution in [-0.4, -0.2) is 34.0 Å². The molecule has 1 aromatic rings. The minimum Gasteiger partial charge on any atom is -0.394 e. The molecule has 100 valence electrons. The number of rotatable bonds is 7. The van der Waals surface area contributed by atoms with Crippen LogP contribution in [0.5, 0.6) is 0 Å². The van der Waals surface area contributed by atoms with Crippen LogP contribution < -0.4 is 5.32 Å². The molecule has 1 atom stereocenters. The highest BCUT2D eigenvalue weighted by molar-refractivity contribution is 7.99. The molecule has 2 rings (SSSR count). The van der Waals surface area contributed by atoms with Crippen LogP contribution in [0.2, 0.25) is 5.02 Å². The third-order valence-corrected chi connectivity index (χ3v) is 4.52. The number of aliphatic hydroxyl groups is 1. The van der Waals surface area contributed by atoms with Crippen molar-refractivity contribution in [2.24, 2.45) is 0 Å². The largest absolute Gasteiger partial charge is 0.394 e. The van der Waals surface area contributed by atoms with E-state index in [4.69, 9.17) is 11.6 Å². The standard InChI is InChI=1S/C13H19ClN2OS/c1-13(9-17,16-10-4-5-10)6-8-18-12-11(14)3-2-7-15-12/h2-3,7,10,16-17H,4-6,8-9H2,1H3. The summed E-state index contributed by atoms with van der Waals surface area (Å²) in [5, 5.41) is 14.6. The Labute approximate surface area is 117 Å². The number of hydrogen-bond acceptors (Lipinski definition) is 4. The molecule has 1 heterocycles. The minimum atomic E-state index is -0.185. The summed E-state index contributed by atoms with van der Waals surface area (Å²) in [6.45, 7) is 2.24. The molecule has 0 bridgehead atoms. The average molecular weight is 287 g/mol. The third-order valence-electron chi connectivity index (χ3n) is 3.10. The van der Waals surface area contributed by atoms with Gasteiger partial charge < -0.3 is 10.4 Å². The van der Waals surface area contributed by atoms with Crippen LogP contribution in [0.4, 0.5) is 0 Å². The van der Waals surface area contributed by atoms with E-state index in [2.05, 4.69) is 17.2 Å². The van der Waals surface area contributed by atoms with E-state index in [0.717, 1.165) is 17.2 Å². The summed E-state index contributed by atoms with van der Waals surface area (Å²) in [4.78, 5) is 4.25. The van der Waals surface area contributed by atoms with Crippen LogP contribution >= 0.6 is 23.4 Å². The number of hydrogen-bond donors (Lipinski definition) is 2. The molecule has 2 N–H and O–H groups in total. The lowest BCUT2D eigenvalue weighted by Crippen LogP contribution is -2.47. The second-order valence-corrected chi connectivity index (χ2v) is 6.52. The van der Waals surface area contributed by atoms with E-state index in [9.17, 15) is 5.11 Å². The van der Waals surface area contributed by atoms with E-state index < -0.39 is 0 Å². The molecule has 0 aliphatic heterocycles. The summed E-state index contributed by atoms with van der Waals surface area (Å²) in [5.41, 5.74) is -0.185. The highest BCUT2D eigenvalue weighted by Crippen LogP contribution is 2.28. The van der Waals surface area contributed by atoms with E-state index in [-0.39, 0.29) is 12.1 Å². The van der Waals surface area contributed by atoms with Crippen molar-refractivity contribution in [2.75, 3.05) is 12.4 Å². The Bertz CT molecular complexity index is 400. The van der Waals surface area contributed by atoms with Crippen LogP contribution in [0.1, 0.15) is 26.2 Å². The third kappa shape index (κ3) is 4.12. The van der Waals surface area contributed by atoms with Crippen LogP contribution in [0.15, 0.2) is 23.4 Å². The summed E-state index contributed by atoms with van der Waals surface area (Å²) >= 11 is 7.70. The van der Waals surface area contributed by atoms with Gasteiger partial charge in [-0.3, -0.25) is 0 Å². The van der Waals surface area contributed by atoms with Gasteiger partial charge in [0.2, 0.25) is 0 Å². The summed E-state index contributed by atoms with van der Waals surface area (Å²) in [5.74, 6) is 0.896. The predicted molar refractivity (Wildman–Crippen MR) is 76.2 cm³/mol. The molecule has 1 aliphatic rings. The van der Waals surface area contributed by atoms with Crippen LogP contribution in [0.3, 0.4) is 0 Å². The highest BCUT2D eigenvalue weighted by atomic mass is 35.5. The van der Waals surface area contributed by atoms with Gasteiger partial charge in [0.25, 0.3) is 0 Å². The Morgan fingerprint density at radius 1 is 1.61 bits per heavy atom. The lowest BCUT2D eigenvalue weighted by atomic mass is 10.0. The van der Waals surface area contributed by atoms with Crippen molar-refractivity contribution in [1.29, 1.82) is 0 Å². The first-order valence-corrected chi connectivity index (χ1v) is 7.61. The fraction of sp³-hybridized carbons (Fsp3) is 0.615. The van der Waals surface area contributed by atoms with Crippen molar-refractivity contribution in [3.05, 3.63) is 23.4 Å². The SMILES string of the molecule is CC(CO)(CCSc1ncccc1Cl)NC1CC1. The van der Waals surface area contributed by atoms with E-state index in [1.54, 1.807) is 18.0 Å². The molecular formula is C13H19ClN2OS. The quantitative estimate of drug-likeness (QED) is 0.757. The van der Waals surface area contributed by atoms with Gasteiger partial charge in [0.15, 0.2) is 0 Å². The topological polar surface area (TPSA) is 45.2 Å². The van der Waals surface area contributed by atoms with Gasteiger partial charge in [-0.25, -0.2) is 4.98 Å². The van der Waals surface area contributed by atoms with E-state index in [0.29, 0.717) is 11.1 Å². The lowest BCUT2D eigenvalue weighted by Gasteiger charge is -2.28. The fourth-order valence-electron chi connectivity index (χ4n) is 1.77. The number of aromatic nitrogens is 1. The maximum atomic E-state index is 9.50. The first-order chi connectivity index (χ1) is 8.63. The molecule has 1 fully saturated rings. The maximum Gasteiger partial charge on any atom is 0.115 e. The van der Waals surface area contributed by atoms with Gasteiger partial charge in [-0.15, -0.1) is 11.8 Å². The summed E-state index contributed by atoms with van der Waals surface area (Å²) in [7, 11) is 0. The Hall–Kier alpha value is -0.290. The number of nitrogens with zero attached hydrogens (tertiary/aromatic N) is 1. The fourth-order valence-corrected chi connectivity index (χ4v) is 3.14. The summed E-state index contributed by atoms with van der Waals surface area (Å²) in [6, 6.07) is 4.29. The lowest BCUT2D eigenvalue weighted by molar-refractivity contribution is 0.169. The van der Waals surface area contributed by atoms with Gasteiger partial charge in [0.05, 0.1) is 11.6 Å². The van der Waals surface area contributed by atoms with Gasteiger partial charge in [-0.2, -0.15) is 0 Å². The van der Waals surface area contributed by atoms with Gasteiger partial charge in [0.1, 0.15) is 5.03 Å². The van der Waals surface area contributed by atoms with Crippen LogP contribution in [-0.2, 0) is 0 Å². The molecule has 0 aromatic carbocycles. The molecule has 1 aromatic heterocycles. The molecule has 1 unspecified atom stereocenters. The van der Waals surface area contributed by atoms with Crippen LogP contribution in [0.25, 0.3) is 0 Å². The zero-order valence-electron chi connectivity index (χ0n) is 10.5. The first-order valence-electron chi connectivity index (χ1n) is 6.25. The number of thioether (sulfide) groups is 1. The smallest absolute Gasteiger partial charge is 0.115 e. The van der Waals surface area contributed by atoms with Crippen molar-refractivity contribution in [1.82, 2.24) is 10.3 Å². The van der Waals surface area contributed by atoms with Crippen molar-refractivity contribution in [3.8, 4) is 0 Å². The molecule has 0 saturated heterocycles. The Kier molecular flexibility index (Phi) is 4.90. The van der Waals surface area contributed by atoms with Gasteiger partial charge in [-0.1, -0.05) is 11.6 Å². The van der Waals surface area contributed by atoms with Crippen molar-refractivity contribution >= 4 is 23.4 Å². The zero-order chi connectivity index (χ0) is 13.0. The Morgan fingerprint density at radius 3 is 3.00 bits per heavy atom. The molecular weight excluding hydrogens is 268 g/mol. The van der Waals surface area contributed by atoms with Gasteiger partial charge in [-0.05, 0) is 38.3 Å². The predicted octanol–water partition coefficient (Wildman–Crippen LogP) is 2.72. The molecule has 0 radical (unpaired) electrons. The molecule has 5 heteroatoms. The molecule has 1 aliphatic carbocycles. The van der Waals surface area contributed by atoms with Crippen molar-refractivity contribution in [3.63, 3.8) is 0 Å². The molecule has 18 heavy (non-hydrogen) atoms. The molecule has 3 nitrogen and oxygen atoms in total. The summed E-state index contributed by atoms with van der Waals surface area (Å²) in [6.07, 6.45) is 5.11. The van der Waals surface area contributed by atoms with Crippen molar-refractivity contribution in [2.45, 2.75) is 42.8 Å². The number of pyridine rings is 1. The average Bonchev–Trinajstić information content (AvgIpc) is 3.15. The number of nitrogens with one attached hydrogen (secondary N) is 1. The zero-order valence-corrected chi connectivity index (χ0v) is 12.1. The van der Waals surface area contributed by atoms with Gasteiger partial charge in [0, 0.05) is 23.5 Å². The van der Waals surface area contributed by atoms with Crippen molar-refractivity contribution < 1.29 is 5.11 Å². The molecule has 1 saturated carbocycles. The molecule has 0 spiro atoms. The van der Waals surface area contributed by atoms with Crippen LogP contribution in [0, 0.1) is 0 Å². The minimum absolute atomic E-state index is 0.167. The number of aliphatic hydroxyl groups excluding tert-OH is 1. The number of halogens is 1. The second kappa shape index (κ2) is 6.24. The van der Waals surface area contributed by atoms with E-state index in [1.165, 1.54) is 12.8 Å². The van der Waals surface area contributed by atoms with E-state index >= 15 is 0 Å². The summed E-state index contributed by atoms with van der Waals surface area (Å²) < 4.78 is 0. The second-order valence-electron chi connectivity index (χ2n) is 5.03. The molecule has 0 amide bonds. The Balaban J connectivity index is 1.81. The first kappa shape index (κ1) is 14.1. The maximum absolute atomic E-state index is 9.50. The monoisotopic (exact) mass is 286 g/mol. The van der Waals surface area contributed by atoms with E-state index in [1.807, 2.05) is 12.1 Å². The Morgan fingerprint density at radius 2 is 2.39 bits per heavy atom. The highest BCUT2D eigenvalue weighted by Gasteiger charge is 2.31.